The van der Waals surface area contributed by atoms with Crippen LogP contribution in [0, 0.1) is 18.3 Å². The lowest BCUT2D eigenvalue weighted by Crippen LogP contribution is -2.22. The van der Waals surface area contributed by atoms with Crippen molar-refractivity contribution >= 4 is 22.2 Å². The molecule has 0 aliphatic carbocycles. The number of furan rings is 1. The first-order valence-electron chi connectivity index (χ1n) is 6.32. The molecule has 0 saturated heterocycles. The summed E-state index contributed by atoms with van der Waals surface area (Å²) in [5.74, 6) is 0.627. The molecule has 102 valence electrons. The number of carbonyl (C=O) groups is 1. The predicted octanol–water partition coefficient (Wildman–Crippen LogP) is 2.42. The van der Waals surface area contributed by atoms with Crippen LogP contribution in [0.1, 0.15) is 32.3 Å². The van der Waals surface area contributed by atoms with Gasteiger partial charge < -0.3 is 15.1 Å². The summed E-state index contributed by atoms with van der Waals surface area (Å²) in [7, 11) is 0. The van der Waals surface area contributed by atoms with Crippen molar-refractivity contribution in [3.8, 4) is 6.07 Å². The number of amides is 1. The van der Waals surface area contributed by atoms with Crippen LogP contribution in [0.15, 0.2) is 16.5 Å². The molecule has 0 radical (unpaired) electrons. The Morgan fingerprint density at radius 3 is 3.10 bits per heavy atom. The van der Waals surface area contributed by atoms with Gasteiger partial charge in [0.15, 0.2) is 5.76 Å². The van der Waals surface area contributed by atoms with E-state index in [9.17, 15) is 10.1 Å². The third kappa shape index (κ3) is 2.22. The highest BCUT2D eigenvalue weighted by molar-refractivity contribution is 7.16. The third-order valence-electron chi connectivity index (χ3n) is 3.23. The number of hydrogen-bond acceptors (Lipinski definition) is 5. The van der Waals surface area contributed by atoms with Gasteiger partial charge >= 0.3 is 0 Å². The average molecular weight is 287 g/mol. The number of anilines is 1. The van der Waals surface area contributed by atoms with Crippen LogP contribution in [0.4, 0.5) is 5.00 Å². The topological polar surface area (TPSA) is 78.1 Å². The molecule has 0 aromatic carbocycles. The number of carbonyl (C=O) groups excluding carboxylic acids is 1. The fraction of sp³-hybridized carbons (Fsp3) is 0.286. The van der Waals surface area contributed by atoms with Crippen LogP contribution in [0.3, 0.4) is 0 Å². The van der Waals surface area contributed by atoms with Gasteiger partial charge in [0.25, 0.3) is 5.91 Å². The molecule has 3 rings (SSSR count). The maximum Gasteiger partial charge on any atom is 0.292 e. The molecular weight excluding hydrogens is 274 g/mol. The molecule has 0 bridgehead atoms. The summed E-state index contributed by atoms with van der Waals surface area (Å²) in [6, 6.07) is 5.57. The maximum atomic E-state index is 12.1. The molecule has 5 nitrogen and oxygen atoms in total. The van der Waals surface area contributed by atoms with Crippen LogP contribution in [0.2, 0.25) is 0 Å². The standard InChI is InChI=1S/C14H13N3O2S/c1-8-2-3-11(19-8)13(18)17-14-10(6-15)9-4-5-16-7-12(9)20-14/h2-3,16H,4-5,7H2,1H3,(H,17,18). The average Bonchev–Trinajstić information content (AvgIpc) is 3.01. The van der Waals surface area contributed by atoms with Gasteiger partial charge in [-0.25, -0.2) is 0 Å². The Hall–Kier alpha value is -2.10. The Balaban J connectivity index is 1.89. The lowest BCUT2D eigenvalue weighted by Gasteiger charge is -2.11. The molecule has 0 saturated carbocycles. The number of aryl methyl sites for hydroxylation is 1. The summed E-state index contributed by atoms with van der Waals surface area (Å²) >= 11 is 1.46. The van der Waals surface area contributed by atoms with Crippen molar-refractivity contribution in [3.05, 3.63) is 39.7 Å². The van der Waals surface area contributed by atoms with Gasteiger partial charge in [-0.3, -0.25) is 4.79 Å². The molecule has 0 atom stereocenters. The SMILES string of the molecule is Cc1ccc(C(=O)Nc2sc3c(c2C#N)CCNC3)o1. The van der Waals surface area contributed by atoms with Crippen molar-refractivity contribution in [2.24, 2.45) is 0 Å². The minimum atomic E-state index is -0.318. The number of fused-ring (bicyclic) bond motifs is 1. The number of nitriles is 1. The summed E-state index contributed by atoms with van der Waals surface area (Å²) in [4.78, 5) is 13.2. The van der Waals surface area contributed by atoms with Crippen LogP contribution >= 0.6 is 11.3 Å². The summed E-state index contributed by atoms with van der Waals surface area (Å²) in [6.07, 6.45) is 0.824. The zero-order valence-corrected chi connectivity index (χ0v) is 11.8. The van der Waals surface area contributed by atoms with E-state index in [0.29, 0.717) is 16.3 Å². The Morgan fingerprint density at radius 2 is 2.40 bits per heavy atom. The fourth-order valence-corrected chi connectivity index (χ4v) is 3.42. The maximum absolute atomic E-state index is 12.1. The largest absolute Gasteiger partial charge is 0.456 e. The van der Waals surface area contributed by atoms with Crippen LogP contribution in [0.25, 0.3) is 0 Å². The Bertz CT molecular complexity index is 709. The number of hydrogen-bond donors (Lipinski definition) is 2. The van der Waals surface area contributed by atoms with Gasteiger partial charge in [-0.05, 0) is 37.6 Å². The van der Waals surface area contributed by atoms with Crippen LogP contribution in [-0.2, 0) is 13.0 Å². The van der Waals surface area contributed by atoms with Gasteiger partial charge in [-0.1, -0.05) is 0 Å². The Morgan fingerprint density at radius 1 is 1.55 bits per heavy atom. The molecule has 2 N–H and O–H groups in total. The predicted molar refractivity (Wildman–Crippen MR) is 75.8 cm³/mol. The molecule has 0 unspecified atom stereocenters. The number of nitrogens with zero attached hydrogens (tertiary/aromatic N) is 1. The Kier molecular flexibility index (Phi) is 3.30. The molecular formula is C14H13N3O2S. The zero-order chi connectivity index (χ0) is 14.1. The van der Waals surface area contributed by atoms with Gasteiger partial charge in [0.1, 0.15) is 16.8 Å². The van der Waals surface area contributed by atoms with E-state index in [1.54, 1.807) is 19.1 Å². The highest BCUT2D eigenvalue weighted by Crippen LogP contribution is 2.35. The van der Waals surface area contributed by atoms with Crippen molar-refractivity contribution in [2.45, 2.75) is 19.9 Å². The number of rotatable bonds is 2. The van der Waals surface area contributed by atoms with E-state index in [4.69, 9.17) is 4.42 Å². The normalized spacial score (nSPS) is 13.6. The van der Waals surface area contributed by atoms with Gasteiger partial charge in [-0.15, -0.1) is 11.3 Å². The van der Waals surface area contributed by atoms with E-state index < -0.39 is 0 Å². The minimum Gasteiger partial charge on any atom is -0.456 e. The van der Waals surface area contributed by atoms with Crippen LogP contribution < -0.4 is 10.6 Å². The van der Waals surface area contributed by atoms with Gasteiger partial charge in [0.05, 0.1) is 5.56 Å². The van der Waals surface area contributed by atoms with Crippen LogP contribution in [-0.4, -0.2) is 12.5 Å². The first kappa shape index (κ1) is 12.9. The molecule has 6 heteroatoms. The second kappa shape index (κ2) is 5.12. The fourth-order valence-electron chi connectivity index (χ4n) is 2.26. The van der Waals surface area contributed by atoms with Gasteiger partial charge in [0, 0.05) is 11.4 Å². The molecule has 3 heterocycles. The molecule has 0 spiro atoms. The third-order valence-corrected chi connectivity index (χ3v) is 4.38. The zero-order valence-electron chi connectivity index (χ0n) is 10.9. The Labute approximate surface area is 120 Å². The summed E-state index contributed by atoms with van der Waals surface area (Å²) in [5.41, 5.74) is 1.64. The molecule has 20 heavy (non-hydrogen) atoms. The molecule has 2 aromatic rings. The molecule has 1 aliphatic heterocycles. The smallest absolute Gasteiger partial charge is 0.292 e. The molecule has 0 fully saturated rings. The van der Waals surface area contributed by atoms with Gasteiger partial charge in [-0.2, -0.15) is 5.26 Å². The van der Waals surface area contributed by atoms with E-state index in [2.05, 4.69) is 16.7 Å². The highest BCUT2D eigenvalue weighted by Gasteiger charge is 2.22. The van der Waals surface area contributed by atoms with Crippen molar-refractivity contribution in [3.63, 3.8) is 0 Å². The van der Waals surface area contributed by atoms with E-state index in [0.717, 1.165) is 30.0 Å². The second-order valence-corrected chi connectivity index (χ2v) is 5.72. The second-order valence-electron chi connectivity index (χ2n) is 4.61. The van der Waals surface area contributed by atoms with Crippen molar-refractivity contribution in [1.29, 1.82) is 5.26 Å². The van der Waals surface area contributed by atoms with E-state index >= 15 is 0 Å². The van der Waals surface area contributed by atoms with Crippen molar-refractivity contribution < 1.29 is 9.21 Å². The first-order valence-corrected chi connectivity index (χ1v) is 7.14. The summed E-state index contributed by atoms with van der Waals surface area (Å²) in [6.45, 7) is 3.40. The first-order chi connectivity index (χ1) is 9.69. The van der Waals surface area contributed by atoms with Crippen molar-refractivity contribution in [2.75, 3.05) is 11.9 Å². The lowest BCUT2D eigenvalue weighted by atomic mass is 10.1. The number of thiophene rings is 1. The van der Waals surface area contributed by atoms with Crippen molar-refractivity contribution in [1.82, 2.24) is 5.32 Å². The quantitative estimate of drug-likeness (QED) is 0.889. The molecule has 2 aromatic heterocycles. The summed E-state index contributed by atoms with van der Waals surface area (Å²) < 4.78 is 5.29. The molecule has 1 amide bonds. The summed E-state index contributed by atoms with van der Waals surface area (Å²) in [5, 5.41) is 16.0. The van der Waals surface area contributed by atoms with E-state index in [1.165, 1.54) is 11.3 Å². The minimum absolute atomic E-state index is 0.260. The lowest BCUT2D eigenvalue weighted by molar-refractivity contribution is 0.0996. The monoisotopic (exact) mass is 287 g/mol. The van der Waals surface area contributed by atoms with Crippen LogP contribution in [0.5, 0.6) is 0 Å². The van der Waals surface area contributed by atoms with Gasteiger partial charge in [0.2, 0.25) is 0 Å². The highest BCUT2D eigenvalue weighted by atomic mass is 32.1. The van der Waals surface area contributed by atoms with E-state index in [1.807, 2.05) is 0 Å². The molecule has 1 aliphatic rings. The van der Waals surface area contributed by atoms with E-state index in [-0.39, 0.29) is 11.7 Å². The number of nitrogens with one attached hydrogen (secondary N) is 2.